The van der Waals surface area contributed by atoms with Crippen LogP contribution in [0.4, 0.5) is 0 Å². The molecule has 0 aromatic heterocycles. The highest BCUT2D eigenvalue weighted by atomic mass is 16.4. The fourth-order valence-corrected chi connectivity index (χ4v) is 1.22. The molecule has 0 amide bonds. The molecule has 0 saturated carbocycles. The van der Waals surface area contributed by atoms with Crippen LogP contribution < -0.4 is 0 Å². The number of hydrogen-bond acceptors (Lipinski definition) is 9. The Kier molecular flexibility index (Phi) is 7.43. The minimum atomic E-state index is -2.15. The van der Waals surface area contributed by atoms with E-state index in [0.717, 1.165) is 0 Å². The Labute approximate surface area is 102 Å². The van der Waals surface area contributed by atoms with Gasteiger partial charge >= 0.3 is 0 Å². The lowest BCUT2D eigenvalue weighted by atomic mass is 9.95. The van der Waals surface area contributed by atoms with E-state index in [9.17, 15) is 30.3 Å². The second-order valence-corrected chi connectivity index (χ2v) is 3.83. The molecule has 9 heteroatoms. The molecule has 0 aliphatic carbocycles. The first kappa shape index (κ1) is 17.4. The first-order chi connectivity index (χ1) is 8.27. The largest absolute Gasteiger partial charge is 0.394 e. The van der Waals surface area contributed by atoms with Crippen molar-refractivity contribution in [1.29, 1.82) is 0 Å². The maximum atomic E-state index is 10.1. The lowest BCUT2D eigenvalue weighted by Gasteiger charge is -2.31. The number of aliphatic hydroxyl groups excluding tert-OH is 8. The van der Waals surface area contributed by atoms with Gasteiger partial charge in [0.1, 0.15) is 42.7 Å². The van der Waals surface area contributed by atoms with E-state index in [-0.39, 0.29) is 6.29 Å². The summed E-state index contributed by atoms with van der Waals surface area (Å²) in [7, 11) is 0. The van der Waals surface area contributed by atoms with E-state index < -0.39 is 49.3 Å². The van der Waals surface area contributed by atoms with E-state index in [1.54, 1.807) is 0 Å². The second-order valence-electron chi connectivity index (χ2n) is 3.83. The van der Waals surface area contributed by atoms with Gasteiger partial charge in [0.15, 0.2) is 6.29 Å². The third-order valence-corrected chi connectivity index (χ3v) is 2.47. The highest BCUT2D eigenvalue weighted by Crippen LogP contribution is 2.12. The van der Waals surface area contributed by atoms with Crippen LogP contribution in [0.5, 0.6) is 0 Å². The Bertz CT molecular complexity index is 248. The van der Waals surface area contributed by atoms with Crippen LogP contribution in [0.3, 0.4) is 0 Å². The fourth-order valence-electron chi connectivity index (χ4n) is 1.22. The number of carbonyl (C=O) groups is 1. The second kappa shape index (κ2) is 7.71. The van der Waals surface area contributed by atoms with E-state index in [2.05, 4.69) is 0 Å². The highest BCUT2D eigenvalue weighted by molar-refractivity contribution is 5.56. The van der Waals surface area contributed by atoms with Gasteiger partial charge in [0.05, 0.1) is 6.61 Å². The number of hydrogen-bond donors (Lipinski definition) is 8. The molecule has 0 aliphatic heterocycles. The summed E-state index contributed by atoms with van der Waals surface area (Å²) in [6.07, 6.45) is -14.3. The summed E-state index contributed by atoms with van der Waals surface area (Å²) in [5, 5.41) is 72.9. The van der Waals surface area contributed by atoms with Crippen LogP contribution in [0.15, 0.2) is 0 Å². The van der Waals surface area contributed by atoms with Crippen molar-refractivity contribution in [2.24, 2.45) is 0 Å². The molecule has 0 saturated heterocycles. The average molecular weight is 270 g/mol. The van der Waals surface area contributed by atoms with Gasteiger partial charge in [0.2, 0.25) is 0 Å². The standard InChI is InChI=1S/C9H18O9/c10-1-3(12)5(14)7(16)9(18)8(17)6(15)4(13)2-11/h1,3-9,11-18H,2H2/t3-,4+,5-,6+,7+,8+,9+/m1/s1. The molecule has 0 radical (unpaired) electrons. The van der Waals surface area contributed by atoms with Crippen LogP contribution in [0.1, 0.15) is 0 Å². The van der Waals surface area contributed by atoms with Gasteiger partial charge < -0.3 is 45.6 Å². The van der Waals surface area contributed by atoms with Crippen LogP contribution in [-0.4, -0.2) is 96.5 Å². The molecular weight excluding hydrogens is 252 g/mol. The van der Waals surface area contributed by atoms with E-state index in [4.69, 9.17) is 15.3 Å². The zero-order valence-electron chi connectivity index (χ0n) is 9.31. The normalized spacial score (nSPS) is 23.6. The van der Waals surface area contributed by atoms with Crippen molar-refractivity contribution in [1.82, 2.24) is 0 Å². The van der Waals surface area contributed by atoms with Crippen molar-refractivity contribution in [2.45, 2.75) is 42.7 Å². The zero-order valence-corrected chi connectivity index (χ0v) is 9.31. The molecule has 0 aliphatic rings. The van der Waals surface area contributed by atoms with Crippen LogP contribution in [-0.2, 0) is 4.79 Å². The molecule has 0 heterocycles. The van der Waals surface area contributed by atoms with Gasteiger partial charge in [-0.05, 0) is 0 Å². The number of aldehydes is 1. The molecule has 8 N–H and O–H groups in total. The Hall–Kier alpha value is -0.650. The SMILES string of the molecule is O=C[C@@H](O)[C@@H](O)[C@H](O)[C@H](O)[C@@H](O)[C@@H](O)[C@@H](O)CO. The van der Waals surface area contributed by atoms with Crippen molar-refractivity contribution < 1.29 is 45.6 Å². The summed E-state index contributed by atoms with van der Waals surface area (Å²) >= 11 is 0. The predicted molar refractivity (Wildman–Crippen MR) is 55.2 cm³/mol. The third kappa shape index (κ3) is 4.23. The molecule has 0 aromatic rings. The van der Waals surface area contributed by atoms with Crippen molar-refractivity contribution in [3.8, 4) is 0 Å². The molecule has 0 unspecified atom stereocenters. The molecular formula is C9H18O9. The van der Waals surface area contributed by atoms with Crippen LogP contribution in [0.25, 0.3) is 0 Å². The topological polar surface area (TPSA) is 179 Å². The molecule has 0 bridgehead atoms. The Morgan fingerprint density at radius 3 is 1.50 bits per heavy atom. The van der Waals surface area contributed by atoms with Crippen molar-refractivity contribution in [3.63, 3.8) is 0 Å². The molecule has 0 aromatic carbocycles. The summed E-state index contributed by atoms with van der Waals surface area (Å²) < 4.78 is 0. The van der Waals surface area contributed by atoms with Gasteiger partial charge in [-0.2, -0.15) is 0 Å². The molecule has 108 valence electrons. The quantitative estimate of drug-likeness (QED) is 0.200. The molecule has 0 fully saturated rings. The maximum Gasteiger partial charge on any atom is 0.151 e. The van der Waals surface area contributed by atoms with Gasteiger partial charge in [-0.15, -0.1) is 0 Å². The van der Waals surface area contributed by atoms with Gasteiger partial charge in [-0.25, -0.2) is 0 Å². The predicted octanol–water partition coefficient (Wildman–Crippen LogP) is -5.30. The zero-order chi connectivity index (χ0) is 14.5. The van der Waals surface area contributed by atoms with Crippen molar-refractivity contribution >= 4 is 6.29 Å². The van der Waals surface area contributed by atoms with E-state index in [0.29, 0.717) is 0 Å². The van der Waals surface area contributed by atoms with Gasteiger partial charge in [0.25, 0.3) is 0 Å². The van der Waals surface area contributed by atoms with Gasteiger partial charge in [-0.1, -0.05) is 0 Å². The van der Waals surface area contributed by atoms with Crippen molar-refractivity contribution in [3.05, 3.63) is 0 Å². The lowest BCUT2D eigenvalue weighted by molar-refractivity contribution is -0.170. The smallest absolute Gasteiger partial charge is 0.151 e. The third-order valence-electron chi connectivity index (χ3n) is 2.47. The highest BCUT2D eigenvalue weighted by Gasteiger charge is 2.38. The summed E-state index contributed by atoms with van der Waals surface area (Å²) in [6.45, 7) is -0.902. The molecule has 9 nitrogen and oxygen atoms in total. The minimum absolute atomic E-state index is 0.0913. The summed E-state index contributed by atoms with van der Waals surface area (Å²) in [6, 6.07) is 0. The van der Waals surface area contributed by atoms with E-state index in [1.807, 2.05) is 0 Å². The van der Waals surface area contributed by atoms with Crippen LogP contribution in [0.2, 0.25) is 0 Å². The fraction of sp³-hybridized carbons (Fsp3) is 0.889. The molecule has 0 rings (SSSR count). The van der Waals surface area contributed by atoms with Crippen LogP contribution >= 0.6 is 0 Å². The summed E-state index contributed by atoms with van der Waals surface area (Å²) in [4.78, 5) is 10.1. The summed E-state index contributed by atoms with van der Waals surface area (Å²) in [5.41, 5.74) is 0. The first-order valence-electron chi connectivity index (χ1n) is 5.10. The first-order valence-corrected chi connectivity index (χ1v) is 5.10. The monoisotopic (exact) mass is 270 g/mol. The Morgan fingerprint density at radius 2 is 1.11 bits per heavy atom. The maximum absolute atomic E-state index is 10.1. The Morgan fingerprint density at radius 1 is 0.722 bits per heavy atom. The Balaban J connectivity index is 4.62. The molecule has 0 spiro atoms. The number of carbonyl (C=O) groups excluding carboxylic acids is 1. The van der Waals surface area contributed by atoms with E-state index in [1.165, 1.54) is 0 Å². The van der Waals surface area contributed by atoms with Gasteiger partial charge in [-0.3, -0.25) is 0 Å². The lowest BCUT2D eigenvalue weighted by Crippen LogP contribution is -2.55. The molecule has 18 heavy (non-hydrogen) atoms. The van der Waals surface area contributed by atoms with Crippen LogP contribution in [0, 0.1) is 0 Å². The minimum Gasteiger partial charge on any atom is -0.394 e. The molecule has 7 atom stereocenters. The van der Waals surface area contributed by atoms with Gasteiger partial charge in [0, 0.05) is 0 Å². The number of aliphatic hydroxyl groups is 8. The average Bonchev–Trinajstić information content (AvgIpc) is 2.40. The number of rotatable bonds is 8. The summed E-state index contributed by atoms with van der Waals surface area (Å²) in [5.74, 6) is 0. The van der Waals surface area contributed by atoms with E-state index >= 15 is 0 Å². The van der Waals surface area contributed by atoms with Crippen molar-refractivity contribution in [2.75, 3.05) is 6.61 Å².